The summed E-state index contributed by atoms with van der Waals surface area (Å²) in [4.78, 5) is 21.1. The Morgan fingerprint density at radius 2 is 2.20 bits per heavy atom. The molecule has 0 unspecified atom stereocenters. The molecule has 1 fully saturated rings. The van der Waals surface area contributed by atoms with Crippen LogP contribution in [0.15, 0.2) is 12.3 Å². The largest absolute Gasteiger partial charge is 0.345 e. The third-order valence-corrected chi connectivity index (χ3v) is 2.86. The van der Waals surface area contributed by atoms with E-state index >= 15 is 0 Å². The fourth-order valence-corrected chi connectivity index (χ4v) is 1.93. The first kappa shape index (κ1) is 10.1. The third-order valence-electron chi connectivity index (χ3n) is 2.86. The highest BCUT2D eigenvalue weighted by atomic mass is 16.1. The van der Waals surface area contributed by atoms with Crippen molar-refractivity contribution >= 4 is 6.41 Å². The van der Waals surface area contributed by atoms with Gasteiger partial charge in [0.05, 0.1) is 0 Å². The summed E-state index contributed by atoms with van der Waals surface area (Å²) in [5, 5.41) is 0. The summed E-state index contributed by atoms with van der Waals surface area (Å²) in [5.74, 6) is 1.35. The van der Waals surface area contributed by atoms with Crippen molar-refractivity contribution in [2.75, 3.05) is 13.1 Å². The molecule has 1 aliphatic heterocycles. The Bertz CT molecular complexity index is 345. The van der Waals surface area contributed by atoms with Crippen molar-refractivity contribution in [3.8, 4) is 0 Å². The molecular formula is C11H15N3O. The molecule has 0 bridgehead atoms. The fourth-order valence-electron chi connectivity index (χ4n) is 1.93. The number of aromatic nitrogens is 2. The van der Waals surface area contributed by atoms with E-state index in [1.165, 1.54) is 0 Å². The van der Waals surface area contributed by atoms with Gasteiger partial charge in [0.25, 0.3) is 0 Å². The van der Waals surface area contributed by atoms with Gasteiger partial charge >= 0.3 is 0 Å². The van der Waals surface area contributed by atoms with Crippen molar-refractivity contribution in [1.82, 2.24) is 14.9 Å². The van der Waals surface area contributed by atoms with Gasteiger partial charge in [-0.15, -0.1) is 0 Å². The van der Waals surface area contributed by atoms with E-state index in [1.54, 1.807) is 0 Å². The summed E-state index contributed by atoms with van der Waals surface area (Å²) < 4.78 is 0. The van der Waals surface area contributed by atoms with Gasteiger partial charge in [0.15, 0.2) is 0 Å². The molecule has 2 rings (SSSR count). The summed E-state index contributed by atoms with van der Waals surface area (Å²) in [7, 11) is 0. The molecule has 0 saturated carbocycles. The molecule has 0 atom stereocenters. The van der Waals surface area contributed by atoms with E-state index in [1.807, 2.05) is 24.1 Å². The number of hydrogen-bond donors (Lipinski definition) is 0. The molecule has 1 amide bonds. The smallest absolute Gasteiger partial charge is 0.209 e. The van der Waals surface area contributed by atoms with Crippen LogP contribution in [0.3, 0.4) is 0 Å². The zero-order chi connectivity index (χ0) is 10.7. The van der Waals surface area contributed by atoms with E-state index in [0.717, 1.165) is 43.9 Å². The summed E-state index contributed by atoms with van der Waals surface area (Å²) in [6, 6.07) is 1.91. The molecule has 1 aromatic rings. The Hall–Kier alpha value is -1.45. The minimum atomic E-state index is 0.418. The Balaban J connectivity index is 2.04. The van der Waals surface area contributed by atoms with Gasteiger partial charge in [-0.25, -0.2) is 9.97 Å². The summed E-state index contributed by atoms with van der Waals surface area (Å²) >= 11 is 0. The van der Waals surface area contributed by atoms with Crippen LogP contribution in [0.5, 0.6) is 0 Å². The highest BCUT2D eigenvalue weighted by Gasteiger charge is 2.21. The maximum atomic E-state index is 10.6. The summed E-state index contributed by atoms with van der Waals surface area (Å²) in [6.45, 7) is 3.63. The molecule has 15 heavy (non-hydrogen) atoms. The summed E-state index contributed by atoms with van der Waals surface area (Å²) in [5.41, 5.74) is 1.01. The lowest BCUT2D eigenvalue weighted by Crippen LogP contribution is -2.32. The number of likely N-dealkylation sites (tertiary alicyclic amines) is 1. The molecule has 0 spiro atoms. The molecule has 0 aliphatic carbocycles. The van der Waals surface area contributed by atoms with Crippen LogP contribution < -0.4 is 0 Å². The van der Waals surface area contributed by atoms with E-state index in [4.69, 9.17) is 0 Å². The van der Waals surface area contributed by atoms with Crippen LogP contribution >= 0.6 is 0 Å². The Labute approximate surface area is 89.3 Å². The molecule has 0 radical (unpaired) electrons. The number of carbonyl (C=O) groups is 1. The second-order valence-corrected chi connectivity index (χ2v) is 3.97. The molecule has 0 aromatic carbocycles. The van der Waals surface area contributed by atoms with Crippen LogP contribution in [-0.4, -0.2) is 34.4 Å². The van der Waals surface area contributed by atoms with Gasteiger partial charge in [-0.3, -0.25) is 4.79 Å². The van der Waals surface area contributed by atoms with E-state index in [2.05, 4.69) is 9.97 Å². The lowest BCUT2D eigenvalue weighted by Gasteiger charge is -2.28. The first-order valence-corrected chi connectivity index (χ1v) is 5.28. The number of rotatable bonds is 2. The summed E-state index contributed by atoms with van der Waals surface area (Å²) in [6.07, 6.45) is 4.68. The highest BCUT2D eigenvalue weighted by molar-refractivity contribution is 5.47. The van der Waals surface area contributed by atoms with Crippen LogP contribution in [0.2, 0.25) is 0 Å². The average molecular weight is 205 g/mol. The third kappa shape index (κ3) is 2.32. The van der Waals surface area contributed by atoms with E-state index in [-0.39, 0.29) is 0 Å². The molecular weight excluding hydrogens is 190 g/mol. The van der Waals surface area contributed by atoms with Gasteiger partial charge < -0.3 is 4.90 Å². The zero-order valence-electron chi connectivity index (χ0n) is 8.89. The number of aryl methyl sites for hydroxylation is 1. The van der Waals surface area contributed by atoms with Gasteiger partial charge in [-0.05, 0) is 25.8 Å². The van der Waals surface area contributed by atoms with E-state index in [9.17, 15) is 4.79 Å². The predicted molar refractivity (Wildman–Crippen MR) is 56.4 cm³/mol. The SMILES string of the molecule is Cc1ccnc(C2CCN(C=O)CC2)n1. The molecule has 1 aromatic heterocycles. The lowest BCUT2D eigenvalue weighted by molar-refractivity contribution is -0.119. The molecule has 4 heteroatoms. The molecule has 1 aliphatic rings. The van der Waals surface area contributed by atoms with Gasteiger partial charge in [0, 0.05) is 30.9 Å². The number of carbonyl (C=O) groups excluding carboxylic acids is 1. The molecule has 4 nitrogen and oxygen atoms in total. The van der Waals surface area contributed by atoms with Crippen molar-refractivity contribution in [2.45, 2.75) is 25.7 Å². The Morgan fingerprint density at radius 3 is 2.80 bits per heavy atom. The van der Waals surface area contributed by atoms with Crippen LogP contribution in [0.25, 0.3) is 0 Å². The maximum absolute atomic E-state index is 10.6. The minimum absolute atomic E-state index is 0.418. The standard InChI is InChI=1S/C11H15N3O/c1-9-2-5-12-11(13-9)10-3-6-14(8-15)7-4-10/h2,5,8,10H,3-4,6-7H2,1H3. The second kappa shape index (κ2) is 4.38. The number of nitrogens with zero attached hydrogens (tertiary/aromatic N) is 3. The fraction of sp³-hybridized carbons (Fsp3) is 0.545. The van der Waals surface area contributed by atoms with Gasteiger partial charge in [0.2, 0.25) is 6.41 Å². The molecule has 1 saturated heterocycles. The Morgan fingerprint density at radius 1 is 1.47 bits per heavy atom. The second-order valence-electron chi connectivity index (χ2n) is 3.97. The molecule has 0 N–H and O–H groups in total. The van der Waals surface area contributed by atoms with Crippen LogP contribution in [-0.2, 0) is 4.79 Å². The van der Waals surface area contributed by atoms with Crippen molar-refractivity contribution in [3.05, 3.63) is 23.8 Å². The van der Waals surface area contributed by atoms with Crippen molar-refractivity contribution in [1.29, 1.82) is 0 Å². The maximum Gasteiger partial charge on any atom is 0.209 e. The van der Waals surface area contributed by atoms with Crippen molar-refractivity contribution in [2.24, 2.45) is 0 Å². The quantitative estimate of drug-likeness (QED) is 0.680. The first-order valence-electron chi connectivity index (χ1n) is 5.28. The normalized spacial score (nSPS) is 17.8. The van der Waals surface area contributed by atoms with Crippen LogP contribution in [0.1, 0.15) is 30.3 Å². The molecule has 2 heterocycles. The number of piperidine rings is 1. The van der Waals surface area contributed by atoms with Crippen LogP contribution in [0.4, 0.5) is 0 Å². The predicted octanol–water partition coefficient (Wildman–Crippen LogP) is 1.12. The van der Waals surface area contributed by atoms with E-state index in [0.29, 0.717) is 5.92 Å². The highest BCUT2D eigenvalue weighted by Crippen LogP contribution is 2.24. The Kier molecular flexibility index (Phi) is 2.94. The van der Waals surface area contributed by atoms with Crippen molar-refractivity contribution in [3.63, 3.8) is 0 Å². The monoisotopic (exact) mass is 205 g/mol. The number of hydrogen-bond acceptors (Lipinski definition) is 3. The van der Waals surface area contributed by atoms with Gasteiger partial charge in [0.1, 0.15) is 5.82 Å². The zero-order valence-corrected chi connectivity index (χ0v) is 8.89. The van der Waals surface area contributed by atoms with Crippen molar-refractivity contribution < 1.29 is 4.79 Å². The lowest BCUT2D eigenvalue weighted by atomic mass is 9.96. The topological polar surface area (TPSA) is 46.1 Å². The van der Waals surface area contributed by atoms with Crippen LogP contribution in [0, 0.1) is 6.92 Å². The minimum Gasteiger partial charge on any atom is -0.345 e. The van der Waals surface area contributed by atoms with Gasteiger partial charge in [-0.1, -0.05) is 0 Å². The van der Waals surface area contributed by atoms with Gasteiger partial charge in [-0.2, -0.15) is 0 Å². The first-order chi connectivity index (χ1) is 7.29. The average Bonchev–Trinajstić information content (AvgIpc) is 2.29. The molecule has 80 valence electrons. The van der Waals surface area contributed by atoms with E-state index < -0.39 is 0 Å². The number of amides is 1.